The summed E-state index contributed by atoms with van der Waals surface area (Å²) in [5, 5.41) is 0.793. The summed E-state index contributed by atoms with van der Waals surface area (Å²) < 4.78 is 17.4. The molecule has 29 heavy (non-hydrogen) atoms. The van der Waals surface area contributed by atoms with Gasteiger partial charge in [0.2, 0.25) is 12.2 Å². The van der Waals surface area contributed by atoms with E-state index in [2.05, 4.69) is 15.0 Å². The highest BCUT2D eigenvalue weighted by Crippen LogP contribution is 2.29. The molecule has 0 bridgehead atoms. The maximum atomic E-state index is 5.97. The van der Waals surface area contributed by atoms with Crippen LogP contribution in [0.1, 0.15) is 5.56 Å². The van der Waals surface area contributed by atoms with Gasteiger partial charge in [-0.05, 0) is 29.8 Å². The Kier molecular flexibility index (Phi) is 4.50. The van der Waals surface area contributed by atoms with Crippen molar-refractivity contribution in [3.05, 3.63) is 96.9 Å². The molecule has 6 heteroatoms. The molecular weight excluding hydrogens is 366 g/mol. The molecule has 142 valence electrons. The van der Waals surface area contributed by atoms with Gasteiger partial charge in [-0.15, -0.1) is 0 Å². The van der Waals surface area contributed by atoms with E-state index in [0.29, 0.717) is 18.1 Å². The van der Waals surface area contributed by atoms with Gasteiger partial charge in [0.15, 0.2) is 12.1 Å². The van der Waals surface area contributed by atoms with Crippen molar-refractivity contribution in [3.8, 4) is 17.3 Å². The molecule has 0 amide bonds. The van der Waals surface area contributed by atoms with Crippen molar-refractivity contribution in [2.45, 2.75) is 12.7 Å². The smallest absolute Gasteiger partial charge is 0.325 e. The van der Waals surface area contributed by atoms with Crippen molar-refractivity contribution in [2.24, 2.45) is 0 Å². The van der Waals surface area contributed by atoms with Gasteiger partial charge >= 0.3 is 5.95 Å². The first kappa shape index (κ1) is 17.2. The maximum absolute atomic E-state index is 5.97. The van der Waals surface area contributed by atoms with Crippen molar-refractivity contribution in [2.75, 3.05) is 0 Å². The number of ether oxygens (including phenoxy) is 3. The summed E-state index contributed by atoms with van der Waals surface area (Å²) in [6, 6.07) is 21.4. The Bertz CT molecular complexity index is 1160. The van der Waals surface area contributed by atoms with Crippen molar-refractivity contribution >= 4 is 10.9 Å². The van der Waals surface area contributed by atoms with Crippen molar-refractivity contribution in [3.63, 3.8) is 0 Å². The van der Waals surface area contributed by atoms with Gasteiger partial charge in [0, 0.05) is 24.4 Å². The summed E-state index contributed by atoms with van der Waals surface area (Å²) in [6.07, 6.45) is 5.09. The number of rotatable bonds is 5. The quantitative estimate of drug-likeness (QED) is 0.506. The monoisotopic (exact) mass is 383 g/mol. The minimum Gasteiger partial charge on any atom is -0.455 e. The molecule has 5 rings (SSSR count). The number of fused-ring (bicyclic) bond motifs is 1. The van der Waals surface area contributed by atoms with Gasteiger partial charge in [-0.1, -0.05) is 42.5 Å². The average molecular weight is 383 g/mol. The van der Waals surface area contributed by atoms with Crippen LogP contribution in [0, 0.1) is 0 Å². The predicted octanol–water partition coefficient (Wildman–Crippen LogP) is 4.49. The molecule has 6 nitrogen and oxygen atoms in total. The number of benzene rings is 2. The lowest BCUT2D eigenvalue weighted by atomic mass is 10.1. The van der Waals surface area contributed by atoms with Crippen molar-refractivity contribution in [1.29, 1.82) is 0 Å². The van der Waals surface area contributed by atoms with Gasteiger partial charge in [-0.2, -0.15) is 4.98 Å². The molecular formula is C23H17N3O3. The molecule has 0 saturated heterocycles. The fraction of sp³-hybridized carbons (Fsp3) is 0.0870. The Morgan fingerprint density at radius 1 is 0.862 bits per heavy atom. The second kappa shape index (κ2) is 7.59. The highest BCUT2D eigenvalue weighted by atomic mass is 16.8. The zero-order valence-corrected chi connectivity index (χ0v) is 15.4. The molecule has 3 heterocycles. The Balaban J connectivity index is 1.40. The highest BCUT2D eigenvalue weighted by Gasteiger charge is 2.23. The number of pyridine rings is 1. The van der Waals surface area contributed by atoms with Gasteiger partial charge in [0.25, 0.3) is 0 Å². The van der Waals surface area contributed by atoms with E-state index < -0.39 is 6.29 Å². The molecule has 1 aliphatic rings. The lowest BCUT2D eigenvalue weighted by molar-refractivity contribution is -0.0522. The van der Waals surface area contributed by atoms with Crippen LogP contribution in [0.3, 0.4) is 0 Å². The zero-order valence-electron chi connectivity index (χ0n) is 15.4. The topological polar surface area (TPSA) is 66.4 Å². The fourth-order valence-electron chi connectivity index (χ4n) is 3.11. The minimum atomic E-state index is -0.430. The van der Waals surface area contributed by atoms with Crippen LogP contribution < -0.4 is 4.74 Å². The minimum absolute atomic E-state index is 0.274. The van der Waals surface area contributed by atoms with Crippen LogP contribution in [0.15, 0.2) is 91.3 Å². The normalized spacial score (nSPS) is 15.4. The van der Waals surface area contributed by atoms with Gasteiger partial charge in [-0.25, -0.2) is 4.98 Å². The summed E-state index contributed by atoms with van der Waals surface area (Å²) in [7, 11) is 0. The largest absolute Gasteiger partial charge is 0.455 e. The van der Waals surface area contributed by atoms with Crippen molar-refractivity contribution < 1.29 is 14.2 Å². The first-order valence-electron chi connectivity index (χ1n) is 9.26. The van der Waals surface area contributed by atoms with Crippen LogP contribution in [0.2, 0.25) is 0 Å². The van der Waals surface area contributed by atoms with Crippen LogP contribution >= 0.6 is 0 Å². The average Bonchev–Trinajstić information content (AvgIpc) is 3.21. The standard InChI is InChI=1S/C23H17N3O3/c1-2-6-16(7-3-1)14-20-27-15-21(28-20)29-23-18-8-4-5-9-19(18)25-22(26-23)17-10-12-24-13-11-17/h1-13,15,20H,14H2. The van der Waals surface area contributed by atoms with Crippen molar-refractivity contribution in [1.82, 2.24) is 15.0 Å². The van der Waals surface area contributed by atoms with Crippen LogP contribution in [-0.4, -0.2) is 21.2 Å². The van der Waals surface area contributed by atoms with E-state index >= 15 is 0 Å². The Morgan fingerprint density at radius 3 is 2.52 bits per heavy atom. The molecule has 2 aromatic carbocycles. The van der Waals surface area contributed by atoms with E-state index in [1.54, 1.807) is 12.4 Å². The molecule has 1 unspecified atom stereocenters. The lowest BCUT2D eigenvalue weighted by Gasteiger charge is -2.13. The Hall–Kier alpha value is -3.93. The van der Waals surface area contributed by atoms with E-state index in [1.807, 2.05) is 66.7 Å². The highest BCUT2D eigenvalue weighted by molar-refractivity contribution is 5.85. The number of nitrogens with zero attached hydrogens (tertiary/aromatic N) is 3. The molecule has 1 aliphatic heterocycles. The number of hydrogen-bond acceptors (Lipinski definition) is 6. The van der Waals surface area contributed by atoms with E-state index in [9.17, 15) is 0 Å². The van der Waals surface area contributed by atoms with Crippen LogP contribution in [0.25, 0.3) is 22.3 Å². The summed E-state index contributed by atoms with van der Waals surface area (Å²) in [6.45, 7) is 0. The Labute approximate surface area is 167 Å². The molecule has 0 saturated carbocycles. The molecule has 1 atom stereocenters. The van der Waals surface area contributed by atoms with Crippen LogP contribution in [0.5, 0.6) is 5.88 Å². The third-order valence-electron chi connectivity index (χ3n) is 4.51. The van der Waals surface area contributed by atoms with E-state index in [0.717, 1.165) is 22.0 Å². The van der Waals surface area contributed by atoms with Gasteiger partial charge < -0.3 is 14.2 Å². The van der Waals surface area contributed by atoms with Crippen LogP contribution in [-0.2, 0) is 15.9 Å². The molecule has 0 N–H and O–H groups in total. The van der Waals surface area contributed by atoms with Gasteiger partial charge in [-0.3, -0.25) is 4.98 Å². The second-order valence-electron chi connectivity index (χ2n) is 6.52. The van der Waals surface area contributed by atoms with E-state index in [4.69, 9.17) is 14.2 Å². The first-order valence-corrected chi connectivity index (χ1v) is 9.26. The molecule has 0 radical (unpaired) electrons. The van der Waals surface area contributed by atoms with E-state index in [-0.39, 0.29) is 5.95 Å². The maximum Gasteiger partial charge on any atom is 0.325 e. The van der Waals surface area contributed by atoms with Crippen LogP contribution in [0.4, 0.5) is 0 Å². The number of para-hydroxylation sites is 1. The third kappa shape index (κ3) is 3.73. The van der Waals surface area contributed by atoms with Gasteiger partial charge in [0.1, 0.15) is 0 Å². The summed E-state index contributed by atoms with van der Waals surface area (Å²) >= 11 is 0. The molecule has 0 spiro atoms. The fourth-order valence-corrected chi connectivity index (χ4v) is 3.11. The lowest BCUT2D eigenvalue weighted by Crippen LogP contribution is -2.13. The molecule has 4 aromatic rings. The predicted molar refractivity (Wildman–Crippen MR) is 108 cm³/mol. The molecule has 0 fully saturated rings. The number of hydrogen-bond donors (Lipinski definition) is 0. The Morgan fingerprint density at radius 2 is 1.66 bits per heavy atom. The van der Waals surface area contributed by atoms with Gasteiger partial charge in [0.05, 0.1) is 10.9 Å². The molecule has 0 aliphatic carbocycles. The summed E-state index contributed by atoms with van der Waals surface area (Å²) in [5.41, 5.74) is 2.76. The first-order chi connectivity index (χ1) is 14.3. The number of aromatic nitrogens is 3. The second-order valence-corrected chi connectivity index (χ2v) is 6.52. The SMILES string of the molecule is C1=C(Oc2nc(-c3ccncc3)nc3ccccc23)OC(Cc2ccccc2)O1. The summed E-state index contributed by atoms with van der Waals surface area (Å²) in [5.74, 6) is 1.24. The molecule has 2 aromatic heterocycles. The summed E-state index contributed by atoms with van der Waals surface area (Å²) in [4.78, 5) is 13.3. The third-order valence-corrected chi connectivity index (χ3v) is 4.51. The van der Waals surface area contributed by atoms with E-state index in [1.165, 1.54) is 6.26 Å². The zero-order chi connectivity index (χ0) is 19.5.